The van der Waals surface area contributed by atoms with Crippen molar-refractivity contribution in [3.63, 3.8) is 0 Å². The van der Waals surface area contributed by atoms with Crippen LogP contribution in [0.5, 0.6) is 5.75 Å². The third-order valence-corrected chi connectivity index (χ3v) is 7.89. The Morgan fingerprint density at radius 1 is 0.871 bits per heavy atom. The molecule has 0 saturated carbocycles. The lowest BCUT2D eigenvalue weighted by molar-refractivity contribution is -0.275. The van der Waals surface area contributed by atoms with Crippen molar-refractivity contribution in [2.75, 3.05) is 24.5 Å². The van der Waals surface area contributed by atoms with Gasteiger partial charge < -0.3 is 9.64 Å². The Morgan fingerprint density at radius 3 is 2.10 bits per heavy atom. The Balaban J connectivity index is 1.51. The van der Waals surface area contributed by atoms with Gasteiger partial charge in [-0.25, -0.2) is 8.42 Å². The van der Waals surface area contributed by atoms with E-state index in [0.717, 1.165) is 22.1 Å². The number of anilines is 1. The van der Waals surface area contributed by atoms with E-state index in [4.69, 9.17) is 0 Å². The van der Waals surface area contributed by atoms with E-state index in [-0.39, 0.29) is 19.0 Å². The zero-order valence-corrected chi connectivity index (χ0v) is 17.3. The second-order valence-electron chi connectivity index (χ2n) is 7.72. The number of nitrogens with zero attached hydrogens (tertiary/aromatic N) is 2. The molecule has 0 N–H and O–H groups in total. The Kier molecular flexibility index (Phi) is 5.47. The van der Waals surface area contributed by atoms with Crippen LogP contribution >= 0.6 is 0 Å². The first-order valence-electron chi connectivity index (χ1n) is 9.84. The van der Waals surface area contributed by atoms with Gasteiger partial charge in [0, 0.05) is 25.3 Å². The maximum Gasteiger partial charge on any atom is 0.573 e. The van der Waals surface area contributed by atoms with Crippen LogP contribution in [0.15, 0.2) is 59.5 Å². The highest BCUT2D eigenvalue weighted by atomic mass is 32.2. The standard InChI is InChI=1S/C21H21F3N2O4S/c22-21(23,24)30-17-8-4-5-9-18(17)31(28,29)25-13-10-20(11-14-25)12-15-26(19(20)27)16-6-2-1-3-7-16/h1-9H,10-15H2. The summed E-state index contributed by atoms with van der Waals surface area (Å²) in [6.07, 6.45) is -3.76. The smallest absolute Gasteiger partial charge is 0.404 e. The number of alkyl halides is 3. The van der Waals surface area contributed by atoms with Gasteiger partial charge in [0.25, 0.3) is 0 Å². The lowest BCUT2D eigenvalue weighted by Crippen LogP contribution is -2.46. The van der Waals surface area contributed by atoms with Crippen LogP contribution in [0.3, 0.4) is 0 Å². The molecule has 0 radical (unpaired) electrons. The number of rotatable bonds is 4. The molecule has 2 aromatic rings. The highest BCUT2D eigenvalue weighted by Crippen LogP contribution is 2.44. The number of hydrogen-bond acceptors (Lipinski definition) is 4. The van der Waals surface area contributed by atoms with Crippen LogP contribution in [0.1, 0.15) is 19.3 Å². The SMILES string of the molecule is O=C1N(c2ccccc2)CCC12CCN(S(=O)(=O)c1ccccc1OC(F)(F)F)CC2. The fourth-order valence-corrected chi connectivity index (χ4v) is 5.86. The van der Waals surface area contributed by atoms with Crippen molar-refractivity contribution in [2.45, 2.75) is 30.5 Å². The summed E-state index contributed by atoms with van der Waals surface area (Å²) in [6, 6.07) is 14.0. The van der Waals surface area contributed by atoms with E-state index >= 15 is 0 Å². The quantitative estimate of drug-likeness (QED) is 0.705. The number of carbonyl (C=O) groups excluding carboxylic acids is 1. The summed E-state index contributed by atoms with van der Waals surface area (Å²) in [5, 5.41) is 0. The molecule has 31 heavy (non-hydrogen) atoms. The third kappa shape index (κ3) is 4.14. The molecular weight excluding hydrogens is 433 g/mol. The van der Waals surface area contributed by atoms with Gasteiger partial charge in [-0.2, -0.15) is 4.31 Å². The predicted octanol–water partition coefficient (Wildman–Crippen LogP) is 3.79. The van der Waals surface area contributed by atoms with Gasteiger partial charge in [0.15, 0.2) is 0 Å². The van der Waals surface area contributed by atoms with E-state index in [9.17, 15) is 26.4 Å². The van der Waals surface area contributed by atoms with Gasteiger partial charge >= 0.3 is 6.36 Å². The second kappa shape index (κ2) is 7.83. The molecule has 6 nitrogen and oxygen atoms in total. The largest absolute Gasteiger partial charge is 0.573 e. The zero-order valence-electron chi connectivity index (χ0n) is 16.5. The molecule has 2 fully saturated rings. The van der Waals surface area contributed by atoms with E-state index in [0.29, 0.717) is 25.8 Å². The van der Waals surface area contributed by atoms with Gasteiger partial charge in [0.1, 0.15) is 10.6 Å². The van der Waals surface area contributed by atoms with E-state index in [1.54, 1.807) is 4.90 Å². The molecule has 0 bridgehead atoms. The van der Waals surface area contributed by atoms with Crippen molar-refractivity contribution < 1.29 is 31.1 Å². The minimum atomic E-state index is -5.01. The lowest BCUT2D eigenvalue weighted by atomic mass is 9.77. The summed E-state index contributed by atoms with van der Waals surface area (Å²) in [6.45, 7) is 0.659. The topological polar surface area (TPSA) is 66.9 Å². The van der Waals surface area contributed by atoms with Crippen LogP contribution in [0, 0.1) is 5.41 Å². The Hall–Kier alpha value is -2.59. The average molecular weight is 454 g/mol. The number of carbonyl (C=O) groups is 1. The minimum absolute atomic E-state index is 0.0310. The molecule has 2 aliphatic rings. The molecule has 0 aromatic heterocycles. The van der Waals surface area contributed by atoms with Gasteiger partial charge in [0.2, 0.25) is 15.9 Å². The molecule has 10 heteroatoms. The van der Waals surface area contributed by atoms with Gasteiger partial charge in [-0.05, 0) is 43.5 Å². The molecule has 166 valence electrons. The molecule has 2 heterocycles. The summed E-state index contributed by atoms with van der Waals surface area (Å²) in [5.41, 5.74) is 0.154. The third-order valence-electron chi connectivity index (χ3n) is 5.95. The van der Waals surface area contributed by atoms with Crippen LogP contribution in [0.2, 0.25) is 0 Å². The number of amides is 1. The summed E-state index contributed by atoms with van der Waals surface area (Å²) in [7, 11) is -4.21. The number of piperidine rings is 1. The number of hydrogen-bond donors (Lipinski definition) is 0. The van der Waals surface area contributed by atoms with Crippen molar-refractivity contribution in [1.82, 2.24) is 4.31 Å². The number of para-hydroxylation sites is 2. The van der Waals surface area contributed by atoms with Crippen molar-refractivity contribution in [3.05, 3.63) is 54.6 Å². The van der Waals surface area contributed by atoms with Crippen molar-refractivity contribution in [2.24, 2.45) is 5.41 Å². The summed E-state index contributed by atoms with van der Waals surface area (Å²) in [4.78, 5) is 14.3. The van der Waals surface area contributed by atoms with E-state index in [1.807, 2.05) is 30.3 Å². The fourth-order valence-electron chi connectivity index (χ4n) is 4.30. The van der Waals surface area contributed by atoms with E-state index < -0.39 is 32.4 Å². The zero-order chi connectivity index (χ0) is 22.3. The number of ether oxygens (including phenoxy) is 1. The van der Waals surface area contributed by atoms with Crippen molar-refractivity contribution in [1.29, 1.82) is 0 Å². The molecule has 2 saturated heterocycles. The first-order valence-corrected chi connectivity index (χ1v) is 11.3. The molecule has 0 aliphatic carbocycles. The first kappa shape index (κ1) is 21.6. The molecule has 2 aliphatic heterocycles. The normalized spacial score (nSPS) is 19.7. The number of sulfonamides is 1. The molecule has 1 amide bonds. The van der Waals surface area contributed by atoms with Crippen LogP contribution in [-0.2, 0) is 14.8 Å². The maximum atomic E-state index is 13.1. The van der Waals surface area contributed by atoms with Crippen LogP contribution in [-0.4, -0.2) is 44.6 Å². The first-order chi connectivity index (χ1) is 14.6. The number of benzene rings is 2. The predicted molar refractivity (Wildman–Crippen MR) is 107 cm³/mol. The summed E-state index contributed by atoms with van der Waals surface area (Å²) >= 11 is 0. The molecular formula is C21H21F3N2O4S. The molecule has 1 spiro atoms. The molecule has 0 unspecified atom stereocenters. The Morgan fingerprint density at radius 2 is 1.45 bits per heavy atom. The highest BCUT2D eigenvalue weighted by molar-refractivity contribution is 7.89. The molecule has 4 rings (SSSR count). The molecule has 2 aromatic carbocycles. The van der Waals surface area contributed by atoms with Crippen LogP contribution in [0.4, 0.5) is 18.9 Å². The second-order valence-corrected chi connectivity index (χ2v) is 9.63. The average Bonchev–Trinajstić information content (AvgIpc) is 3.04. The van der Waals surface area contributed by atoms with E-state index in [1.165, 1.54) is 12.1 Å². The minimum Gasteiger partial charge on any atom is -0.404 e. The van der Waals surface area contributed by atoms with Gasteiger partial charge in [-0.3, -0.25) is 4.79 Å². The van der Waals surface area contributed by atoms with Crippen molar-refractivity contribution in [3.8, 4) is 5.75 Å². The summed E-state index contributed by atoms with van der Waals surface area (Å²) in [5.74, 6) is -0.793. The highest BCUT2D eigenvalue weighted by Gasteiger charge is 2.50. The maximum absolute atomic E-state index is 13.1. The number of halogens is 3. The van der Waals surface area contributed by atoms with Gasteiger partial charge in [0.05, 0.1) is 5.41 Å². The van der Waals surface area contributed by atoms with Crippen LogP contribution in [0.25, 0.3) is 0 Å². The van der Waals surface area contributed by atoms with E-state index in [2.05, 4.69) is 4.74 Å². The lowest BCUT2D eigenvalue weighted by Gasteiger charge is -2.37. The Bertz CT molecular complexity index is 1070. The van der Waals surface area contributed by atoms with Crippen LogP contribution < -0.4 is 9.64 Å². The Labute approximate surface area is 178 Å². The van der Waals surface area contributed by atoms with Crippen molar-refractivity contribution >= 4 is 21.6 Å². The summed E-state index contributed by atoms with van der Waals surface area (Å²) < 4.78 is 69.2. The van der Waals surface area contributed by atoms with Gasteiger partial charge in [-0.1, -0.05) is 30.3 Å². The fraction of sp³-hybridized carbons (Fsp3) is 0.381. The molecule has 0 atom stereocenters. The van der Waals surface area contributed by atoms with Gasteiger partial charge in [-0.15, -0.1) is 13.2 Å². The monoisotopic (exact) mass is 454 g/mol.